The van der Waals surface area contributed by atoms with Crippen molar-refractivity contribution in [2.24, 2.45) is 0 Å². The lowest BCUT2D eigenvalue weighted by Gasteiger charge is -2.05. The first-order valence-electron chi connectivity index (χ1n) is 6.53. The summed E-state index contributed by atoms with van der Waals surface area (Å²) in [6.07, 6.45) is 2.46. The highest BCUT2D eigenvalue weighted by Gasteiger charge is 2.11. The normalized spacial score (nSPS) is 10.8. The number of nitrogens with zero attached hydrogens (tertiary/aromatic N) is 3. The summed E-state index contributed by atoms with van der Waals surface area (Å²) in [5.74, 6) is -0.368. The zero-order valence-corrected chi connectivity index (χ0v) is 11.6. The Labute approximate surface area is 124 Å². The van der Waals surface area contributed by atoms with Gasteiger partial charge in [0.1, 0.15) is 5.75 Å². The Hall–Kier alpha value is -3.16. The quantitative estimate of drug-likeness (QED) is 0.749. The van der Waals surface area contributed by atoms with E-state index in [0.29, 0.717) is 23.3 Å². The Balaban J connectivity index is 2.10. The maximum atomic E-state index is 12.2. The zero-order valence-electron chi connectivity index (χ0n) is 11.6. The first-order valence-corrected chi connectivity index (χ1v) is 6.53. The molecule has 0 aliphatic heterocycles. The predicted octanol–water partition coefficient (Wildman–Crippen LogP) is 1.21. The summed E-state index contributed by atoms with van der Waals surface area (Å²) in [5.41, 5.74) is 0.123. The fourth-order valence-electron chi connectivity index (χ4n) is 2.02. The predicted molar refractivity (Wildman–Crippen MR) is 77.6 cm³/mol. The van der Waals surface area contributed by atoms with Crippen LogP contribution in [-0.4, -0.2) is 37.4 Å². The number of aromatic carboxylic acids is 1. The summed E-state index contributed by atoms with van der Waals surface area (Å²) >= 11 is 0. The second-order valence-electron chi connectivity index (χ2n) is 4.48. The molecule has 2 heterocycles. The first kappa shape index (κ1) is 13.8. The number of hydrogen-bond donors (Lipinski definition) is 2. The van der Waals surface area contributed by atoms with Crippen LogP contribution in [0, 0.1) is 0 Å². The van der Waals surface area contributed by atoms with Crippen molar-refractivity contribution in [2.45, 2.75) is 6.92 Å². The van der Waals surface area contributed by atoms with Gasteiger partial charge in [0.2, 0.25) is 5.95 Å². The number of rotatable bonds is 4. The van der Waals surface area contributed by atoms with Gasteiger partial charge in [-0.05, 0) is 25.1 Å². The minimum Gasteiger partial charge on any atom is -0.494 e. The molecule has 0 aliphatic carbocycles. The van der Waals surface area contributed by atoms with Crippen molar-refractivity contribution >= 4 is 16.9 Å². The summed E-state index contributed by atoms with van der Waals surface area (Å²) < 4.78 is 6.56. The molecule has 8 heteroatoms. The third-order valence-corrected chi connectivity index (χ3v) is 3.02. The number of H-pyrrole nitrogens is 1. The molecule has 8 nitrogen and oxygen atoms in total. The highest BCUT2D eigenvalue weighted by Crippen LogP contribution is 2.17. The number of nitrogens with one attached hydrogen (secondary N) is 1. The lowest BCUT2D eigenvalue weighted by Crippen LogP contribution is -2.14. The molecule has 0 radical (unpaired) electrons. The molecule has 0 fully saturated rings. The maximum absolute atomic E-state index is 12.2. The number of carbonyl (C=O) groups is 1. The molecule has 1 aromatic carbocycles. The van der Waals surface area contributed by atoms with Crippen molar-refractivity contribution in [3.63, 3.8) is 0 Å². The van der Waals surface area contributed by atoms with Gasteiger partial charge in [-0.3, -0.25) is 9.78 Å². The van der Waals surface area contributed by atoms with Crippen LogP contribution in [0.2, 0.25) is 0 Å². The lowest BCUT2D eigenvalue weighted by molar-refractivity contribution is 0.0697. The van der Waals surface area contributed by atoms with Crippen molar-refractivity contribution < 1.29 is 14.6 Å². The molecule has 112 valence electrons. The van der Waals surface area contributed by atoms with Crippen molar-refractivity contribution in [3.05, 3.63) is 46.5 Å². The van der Waals surface area contributed by atoms with E-state index in [9.17, 15) is 9.59 Å². The molecular weight excluding hydrogens is 288 g/mol. The van der Waals surface area contributed by atoms with Crippen LogP contribution in [0.5, 0.6) is 5.75 Å². The fraction of sp³-hybridized carbons (Fsp3) is 0.143. The number of fused-ring (bicyclic) bond motifs is 1. The molecule has 0 saturated carbocycles. The van der Waals surface area contributed by atoms with E-state index in [1.54, 1.807) is 18.2 Å². The highest BCUT2D eigenvalue weighted by atomic mass is 16.5. The van der Waals surface area contributed by atoms with Crippen molar-refractivity contribution in [1.82, 2.24) is 19.7 Å². The average Bonchev–Trinajstić information content (AvgIpc) is 2.98. The summed E-state index contributed by atoms with van der Waals surface area (Å²) in [6.45, 7) is 2.35. The largest absolute Gasteiger partial charge is 0.494 e. The van der Waals surface area contributed by atoms with E-state index in [1.807, 2.05) is 6.92 Å². The van der Waals surface area contributed by atoms with Crippen LogP contribution in [0.1, 0.15) is 17.3 Å². The van der Waals surface area contributed by atoms with Crippen molar-refractivity contribution in [1.29, 1.82) is 0 Å². The second-order valence-corrected chi connectivity index (χ2v) is 4.48. The third-order valence-electron chi connectivity index (χ3n) is 3.02. The Morgan fingerprint density at radius 3 is 2.95 bits per heavy atom. The molecule has 0 aliphatic rings. The summed E-state index contributed by atoms with van der Waals surface area (Å²) in [6, 6.07) is 4.99. The highest BCUT2D eigenvalue weighted by molar-refractivity contribution is 5.87. The van der Waals surface area contributed by atoms with Gasteiger partial charge in [-0.25, -0.2) is 14.5 Å². The van der Waals surface area contributed by atoms with E-state index in [-0.39, 0.29) is 17.1 Å². The van der Waals surface area contributed by atoms with Gasteiger partial charge < -0.3 is 9.84 Å². The standard InChI is InChI=1S/C14H12N4O4/c1-2-22-9-3-4-11-10(5-9)12(19)17-14(16-11)18-7-8(6-15-18)13(20)21/h3-7H,2H2,1H3,(H,20,21)(H,16,17,19). The molecule has 2 aromatic heterocycles. The number of hydrogen-bond acceptors (Lipinski definition) is 5. The van der Waals surface area contributed by atoms with E-state index < -0.39 is 5.97 Å². The zero-order chi connectivity index (χ0) is 15.7. The molecule has 0 saturated heterocycles. The van der Waals surface area contributed by atoms with E-state index in [4.69, 9.17) is 9.84 Å². The Bertz CT molecular complexity index is 913. The van der Waals surface area contributed by atoms with E-state index in [0.717, 1.165) is 0 Å². The summed E-state index contributed by atoms with van der Waals surface area (Å²) in [5, 5.41) is 13.2. The topological polar surface area (TPSA) is 110 Å². The number of carboxylic acid groups (broad SMARTS) is 1. The summed E-state index contributed by atoms with van der Waals surface area (Å²) in [4.78, 5) is 29.9. The van der Waals surface area contributed by atoms with Crippen LogP contribution in [-0.2, 0) is 0 Å². The van der Waals surface area contributed by atoms with Crippen LogP contribution in [0.15, 0.2) is 35.4 Å². The first-order chi connectivity index (χ1) is 10.6. The van der Waals surface area contributed by atoms with Crippen LogP contribution >= 0.6 is 0 Å². The average molecular weight is 300 g/mol. The maximum Gasteiger partial charge on any atom is 0.338 e. The van der Waals surface area contributed by atoms with Gasteiger partial charge in [0.05, 0.1) is 29.3 Å². The molecule has 3 rings (SSSR count). The minimum absolute atomic E-state index is 0.00874. The fourth-order valence-corrected chi connectivity index (χ4v) is 2.02. The smallest absolute Gasteiger partial charge is 0.338 e. The van der Waals surface area contributed by atoms with Crippen molar-refractivity contribution in [2.75, 3.05) is 6.61 Å². The number of ether oxygens (including phenoxy) is 1. The molecule has 0 unspecified atom stereocenters. The van der Waals surface area contributed by atoms with Crippen LogP contribution in [0.4, 0.5) is 0 Å². The molecule has 0 atom stereocenters. The van der Waals surface area contributed by atoms with Gasteiger partial charge in [-0.2, -0.15) is 5.10 Å². The van der Waals surface area contributed by atoms with Gasteiger partial charge in [0.15, 0.2) is 0 Å². The van der Waals surface area contributed by atoms with Gasteiger partial charge >= 0.3 is 5.97 Å². The summed E-state index contributed by atoms with van der Waals surface area (Å²) in [7, 11) is 0. The van der Waals surface area contributed by atoms with Crippen LogP contribution in [0.3, 0.4) is 0 Å². The third kappa shape index (κ3) is 2.41. The number of aromatic nitrogens is 4. The molecule has 0 spiro atoms. The molecule has 2 N–H and O–H groups in total. The SMILES string of the molecule is CCOc1ccc2nc(-n3cc(C(=O)O)cn3)[nH]c(=O)c2c1. The number of benzene rings is 1. The minimum atomic E-state index is -1.10. The Kier molecular flexibility index (Phi) is 3.34. The van der Waals surface area contributed by atoms with Gasteiger partial charge in [-0.15, -0.1) is 0 Å². The Morgan fingerprint density at radius 1 is 1.45 bits per heavy atom. The van der Waals surface area contributed by atoms with Crippen molar-refractivity contribution in [3.8, 4) is 11.7 Å². The van der Waals surface area contributed by atoms with Gasteiger partial charge in [-0.1, -0.05) is 0 Å². The second kappa shape index (κ2) is 5.32. The monoisotopic (exact) mass is 300 g/mol. The lowest BCUT2D eigenvalue weighted by atomic mass is 10.2. The van der Waals surface area contributed by atoms with E-state index >= 15 is 0 Å². The molecule has 0 bridgehead atoms. The van der Waals surface area contributed by atoms with E-state index in [2.05, 4.69) is 15.1 Å². The van der Waals surface area contributed by atoms with Gasteiger partial charge in [0, 0.05) is 6.20 Å². The Morgan fingerprint density at radius 2 is 2.27 bits per heavy atom. The molecule has 3 aromatic rings. The van der Waals surface area contributed by atoms with Crippen LogP contribution < -0.4 is 10.3 Å². The number of aromatic amines is 1. The van der Waals surface area contributed by atoms with Crippen LogP contribution in [0.25, 0.3) is 16.9 Å². The van der Waals surface area contributed by atoms with Gasteiger partial charge in [0.25, 0.3) is 5.56 Å². The molecule has 0 amide bonds. The van der Waals surface area contributed by atoms with E-state index in [1.165, 1.54) is 17.1 Å². The number of carboxylic acids is 1. The molecule has 22 heavy (non-hydrogen) atoms. The molecular formula is C14H12N4O4.